The fourth-order valence-electron chi connectivity index (χ4n) is 3.41. The molecule has 2 aromatic rings. The number of aromatic nitrogens is 1. The Morgan fingerprint density at radius 2 is 1.95 bits per heavy atom. The molecule has 0 bridgehead atoms. The normalized spacial score (nSPS) is 16.1. The first-order chi connectivity index (χ1) is 10.3. The van der Waals surface area contributed by atoms with Crippen LogP contribution < -0.4 is 5.73 Å². The van der Waals surface area contributed by atoms with Gasteiger partial charge in [0.15, 0.2) is 0 Å². The Labute approximate surface area is 127 Å². The number of aryl methyl sites for hydroxylation is 2. The van der Waals surface area contributed by atoms with Gasteiger partial charge in [-0.05, 0) is 69.4 Å². The maximum atomic E-state index is 5.68. The summed E-state index contributed by atoms with van der Waals surface area (Å²) in [5.41, 5.74) is 9.88. The Morgan fingerprint density at radius 3 is 2.71 bits per heavy atom. The molecule has 2 N–H and O–H groups in total. The lowest BCUT2D eigenvalue weighted by atomic mass is 10.1. The number of hydrogen-bond acceptors (Lipinski definition) is 2. The molecule has 1 aromatic carbocycles. The molecular formula is C18H27N3. The fraction of sp³-hybridized carbons (Fsp3) is 0.556. The molecule has 0 saturated carbocycles. The van der Waals surface area contributed by atoms with Crippen molar-refractivity contribution >= 4 is 10.9 Å². The van der Waals surface area contributed by atoms with Gasteiger partial charge in [0.1, 0.15) is 0 Å². The lowest BCUT2D eigenvalue weighted by Crippen LogP contribution is -2.21. The smallest absolute Gasteiger partial charge is 0.0485 e. The van der Waals surface area contributed by atoms with E-state index in [9.17, 15) is 0 Å². The zero-order chi connectivity index (χ0) is 14.7. The number of benzene rings is 1. The zero-order valence-corrected chi connectivity index (χ0v) is 13.1. The molecule has 1 saturated heterocycles. The topological polar surface area (TPSA) is 34.2 Å². The second kappa shape index (κ2) is 6.63. The predicted molar refractivity (Wildman–Crippen MR) is 89.7 cm³/mol. The monoisotopic (exact) mass is 285 g/mol. The minimum atomic E-state index is 0.759. The average Bonchev–Trinajstić information content (AvgIpc) is 3.10. The highest BCUT2D eigenvalue weighted by atomic mass is 15.1. The molecule has 0 unspecified atom stereocenters. The molecule has 0 amide bonds. The quantitative estimate of drug-likeness (QED) is 0.885. The first-order valence-corrected chi connectivity index (χ1v) is 8.29. The maximum absolute atomic E-state index is 5.68. The van der Waals surface area contributed by atoms with Gasteiger partial charge in [-0.15, -0.1) is 0 Å². The standard InChI is InChI=1S/C18H27N3/c1-15-5-6-17-16(7-12-20-9-2-3-10-20)14-21(11-4-8-19)18(17)13-15/h5-6,13-14H,2-4,7-12,19H2,1H3. The molecule has 3 heteroatoms. The van der Waals surface area contributed by atoms with E-state index in [-0.39, 0.29) is 0 Å². The summed E-state index contributed by atoms with van der Waals surface area (Å²) < 4.78 is 2.40. The lowest BCUT2D eigenvalue weighted by Gasteiger charge is -2.13. The Bertz CT molecular complexity index is 594. The summed E-state index contributed by atoms with van der Waals surface area (Å²) >= 11 is 0. The van der Waals surface area contributed by atoms with Crippen molar-refractivity contribution in [2.24, 2.45) is 5.73 Å². The van der Waals surface area contributed by atoms with Crippen LogP contribution in [0, 0.1) is 6.92 Å². The predicted octanol–water partition coefficient (Wildman–Crippen LogP) is 2.94. The summed E-state index contributed by atoms with van der Waals surface area (Å²) in [4.78, 5) is 2.59. The molecule has 3 nitrogen and oxygen atoms in total. The first kappa shape index (κ1) is 14.6. The van der Waals surface area contributed by atoms with Gasteiger partial charge in [-0.25, -0.2) is 0 Å². The molecule has 1 aliphatic heterocycles. The number of rotatable bonds is 6. The summed E-state index contributed by atoms with van der Waals surface area (Å²) in [5.74, 6) is 0. The number of hydrogen-bond donors (Lipinski definition) is 1. The first-order valence-electron chi connectivity index (χ1n) is 8.29. The van der Waals surface area contributed by atoms with Gasteiger partial charge in [-0.3, -0.25) is 0 Å². The molecule has 0 aliphatic carbocycles. The molecule has 2 heterocycles. The highest BCUT2D eigenvalue weighted by molar-refractivity contribution is 5.84. The van der Waals surface area contributed by atoms with Crippen LogP contribution in [0.25, 0.3) is 10.9 Å². The number of nitrogens with zero attached hydrogens (tertiary/aromatic N) is 2. The Hall–Kier alpha value is -1.32. The SMILES string of the molecule is Cc1ccc2c(CCN3CCCC3)cn(CCCN)c2c1. The van der Waals surface area contributed by atoms with Gasteiger partial charge in [-0.1, -0.05) is 12.1 Å². The van der Waals surface area contributed by atoms with E-state index in [0.29, 0.717) is 0 Å². The van der Waals surface area contributed by atoms with Crippen LogP contribution in [0.5, 0.6) is 0 Å². The third-order valence-electron chi connectivity index (χ3n) is 4.62. The molecule has 1 aliphatic rings. The zero-order valence-electron chi connectivity index (χ0n) is 13.1. The van der Waals surface area contributed by atoms with Gasteiger partial charge in [0, 0.05) is 30.2 Å². The van der Waals surface area contributed by atoms with Crippen LogP contribution in [0.2, 0.25) is 0 Å². The highest BCUT2D eigenvalue weighted by Gasteiger charge is 2.13. The Kier molecular flexibility index (Phi) is 4.61. The average molecular weight is 285 g/mol. The van der Waals surface area contributed by atoms with Gasteiger partial charge >= 0.3 is 0 Å². The molecule has 21 heavy (non-hydrogen) atoms. The second-order valence-corrected chi connectivity index (χ2v) is 6.31. The Balaban J connectivity index is 1.82. The van der Waals surface area contributed by atoms with Crippen molar-refractivity contribution in [1.29, 1.82) is 0 Å². The summed E-state index contributed by atoms with van der Waals surface area (Å²) in [7, 11) is 0. The highest BCUT2D eigenvalue weighted by Crippen LogP contribution is 2.24. The van der Waals surface area contributed by atoms with Gasteiger partial charge in [0.2, 0.25) is 0 Å². The van der Waals surface area contributed by atoms with E-state index < -0.39 is 0 Å². The van der Waals surface area contributed by atoms with Crippen LogP contribution in [0.1, 0.15) is 30.4 Å². The number of nitrogens with two attached hydrogens (primary N) is 1. The van der Waals surface area contributed by atoms with Gasteiger partial charge in [0.25, 0.3) is 0 Å². The van der Waals surface area contributed by atoms with Crippen LogP contribution in [0.15, 0.2) is 24.4 Å². The summed E-state index contributed by atoms with van der Waals surface area (Å²) in [6.07, 6.45) is 7.31. The third-order valence-corrected chi connectivity index (χ3v) is 4.62. The van der Waals surface area contributed by atoms with Crippen molar-refractivity contribution in [3.05, 3.63) is 35.5 Å². The van der Waals surface area contributed by atoms with Gasteiger partial charge in [0.05, 0.1) is 0 Å². The van der Waals surface area contributed by atoms with Gasteiger partial charge < -0.3 is 15.2 Å². The van der Waals surface area contributed by atoms with Crippen LogP contribution in [0.4, 0.5) is 0 Å². The van der Waals surface area contributed by atoms with E-state index in [1.54, 1.807) is 0 Å². The van der Waals surface area contributed by atoms with E-state index in [2.05, 4.69) is 40.8 Å². The maximum Gasteiger partial charge on any atom is 0.0485 e. The van der Waals surface area contributed by atoms with Crippen molar-refractivity contribution in [2.75, 3.05) is 26.2 Å². The van der Waals surface area contributed by atoms with E-state index in [0.717, 1.165) is 25.9 Å². The molecule has 1 fully saturated rings. The molecule has 114 valence electrons. The van der Waals surface area contributed by atoms with E-state index in [1.165, 1.54) is 54.5 Å². The fourth-order valence-corrected chi connectivity index (χ4v) is 3.41. The molecular weight excluding hydrogens is 258 g/mol. The molecule has 1 aromatic heterocycles. The molecule has 0 spiro atoms. The van der Waals surface area contributed by atoms with Crippen LogP contribution in [-0.2, 0) is 13.0 Å². The summed E-state index contributed by atoms with van der Waals surface area (Å²) in [5, 5.41) is 1.43. The molecule has 0 radical (unpaired) electrons. The minimum Gasteiger partial charge on any atom is -0.347 e. The lowest BCUT2D eigenvalue weighted by molar-refractivity contribution is 0.344. The molecule has 0 atom stereocenters. The molecule has 3 rings (SSSR count). The van der Waals surface area contributed by atoms with Crippen LogP contribution in [0.3, 0.4) is 0 Å². The number of likely N-dealkylation sites (tertiary alicyclic amines) is 1. The van der Waals surface area contributed by atoms with Crippen molar-refractivity contribution in [1.82, 2.24) is 9.47 Å². The van der Waals surface area contributed by atoms with E-state index >= 15 is 0 Å². The van der Waals surface area contributed by atoms with E-state index in [4.69, 9.17) is 5.73 Å². The van der Waals surface area contributed by atoms with Crippen molar-refractivity contribution in [2.45, 2.75) is 39.2 Å². The largest absolute Gasteiger partial charge is 0.347 e. The van der Waals surface area contributed by atoms with Crippen LogP contribution >= 0.6 is 0 Å². The summed E-state index contributed by atoms with van der Waals surface area (Å²) in [6, 6.07) is 6.84. The van der Waals surface area contributed by atoms with Crippen LogP contribution in [-0.4, -0.2) is 35.6 Å². The van der Waals surface area contributed by atoms with E-state index in [1.807, 2.05) is 0 Å². The number of fused-ring (bicyclic) bond motifs is 1. The van der Waals surface area contributed by atoms with Crippen molar-refractivity contribution < 1.29 is 0 Å². The summed E-state index contributed by atoms with van der Waals surface area (Å²) in [6.45, 7) is 7.72. The van der Waals surface area contributed by atoms with Gasteiger partial charge in [-0.2, -0.15) is 0 Å². The van der Waals surface area contributed by atoms with Crippen molar-refractivity contribution in [3.63, 3.8) is 0 Å². The Morgan fingerprint density at radius 1 is 1.14 bits per heavy atom. The third kappa shape index (κ3) is 3.30. The van der Waals surface area contributed by atoms with Crippen molar-refractivity contribution in [3.8, 4) is 0 Å². The minimum absolute atomic E-state index is 0.759. The second-order valence-electron chi connectivity index (χ2n) is 6.31.